The average Bonchev–Trinajstić information content (AvgIpc) is 2.38. The molecule has 0 aromatic carbocycles. The number of sulfone groups is 1. The highest BCUT2D eigenvalue weighted by molar-refractivity contribution is 7.91. The Morgan fingerprint density at radius 3 is 2.12 bits per heavy atom. The van der Waals surface area contributed by atoms with Gasteiger partial charge in [0.15, 0.2) is 9.84 Å². The number of rotatable bonds is 1. The maximum absolute atomic E-state index is 11.5. The third kappa shape index (κ3) is 2.57. The van der Waals surface area contributed by atoms with Crippen molar-refractivity contribution in [1.82, 2.24) is 4.90 Å². The zero-order chi connectivity index (χ0) is 11.9. The molecule has 2 aliphatic rings. The maximum Gasteiger partial charge on any atom is 0.154 e. The van der Waals surface area contributed by atoms with Crippen LogP contribution in [0.1, 0.15) is 20.3 Å². The van der Waals surface area contributed by atoms with Crippen molar-refractivity contribution >= 4 is 9.84 Å². The van der Waals surface area contributed by atoms with Crippen molar-refractivity contribution in [3.63, 3.8) is 0 Å². The van der Waals surface area contributed by atoms with Crippen molar-refractivity contribution < 1.29 is 13.5 Å². The molecule has 94 valence electrons. The largest absolute Gasteiger partial charge is 0.390 e. The lowest BCUT2D eigenvalue weighted by Gasteiger charge is -2.39. The van der Waals surface area contributed by atoms with E-state index in [1.54, 1.807) is 0 Å². The van der Waals surface area contributed by atoms with Crippen LogP contribution in [0.25, 0.3) is 0 Å². The van der Waals surface area contributed by atoms with Crippen LogP contribution in [0.5, 0.6) is 0 Å². The first-order chi connectivity index (χ1) is 7.37. The Hall–Kier alpha value is -0.130. The van der Waals surface area contributed by atoms with E-state index < -0.39 is 15.9 Å². The SMILES string of the molecule is CC1CC(C)CN(C2CS(=O)(=O)CC2O)C1. The Morgan fingerprint density at radius 2 is 1.69 bits per heavy atom. The summed E-state index contributed by atoms with van der Waals surface area (Å²) in [6.45, 7) is 6.22. The lowest BCUT2D eigenvalue weighted by atomic mass is 9.90. The number of aliphatic hydroxyl groups excluding tert-OH is 1. The Bertz CT molecular complexity index is 344. The highest BCUT2D eigenvalue weighted by Gasteiger charge is 2.41. The minimum atomic E-state index is -3.02. The van der Waals surface area contributed by atoms with Gasteiger partial charge < -0.3 is 5.11 Å². The van der Waals surface area contributed by atoms with Gasteiger partial charge >= 0.3 is 0 Å². The molecule has 2 rings (SSSR count). The number of nitrogens with zero attached hydrogens (tertiary/aromatic N) is 1. The molecule has 0 aliphatic carbocycles. The van der Waals surface area contributed by atoms with E-state index in [1.165, 1.54) is 6.42 Å². The predicted molar refractivity (Wildman–Crippen MR) is 63.0 cm³/mol. The number of hydrogen-bond donors (Lipinski definition) is 1. The minimum absolute atomic E-state index is 0.0586. The maximum atomic E-state index is 11.5. The minimum Gasteiger partial charge on any atom is -0.390 e. The topological polar surface area (TPSA) is 57.6 Å². The molecular weight excluding hydrogens is 226 g/mol. The Morgan fingerprint density at radius 1 is 1.12 bits per heavy atom. The zero-order valence-electron chi connectivity index (χ0n) is 9.96. The van der Waals surface area contributed by atoms with Gasteiger partial charge in [0.1, 0.15) is 0 Å². The normalized spacial score (nSPS) is 44.7. The van der Waals surface area contributed by atoms with Gasteiger partial charge in [-0.1, -0.05) is 13.8 Å². The summed E-state index contributed by atoms with van der Waals surface area (Å²) in [5.41, 5.74) is 0. The van der Waals surface area contributed by atoms with Crippen LogP contribution < -0.4 is 0 Å². The molecular formula is C11H21NO3S. The van der Waals surface area contributed by atoms with Crippen molar-refractivity contribution in [3.05, 3.63) is 0 Å². The van der Waals surface area contributed by atoms with Gasteiger partial charge in [0.05, 0.1) is 23.7 Å². The van der Waals surface area contributed by atoms with E-state index in [0.29, 0.717) is 11.8 Å². The molecule has 1 N–H and O–H groups in total. The van der Waals surface area contributed by atoms with E-state index in [-0.39, 0.29) is 17.5 Å². The molecule has 2 aliphatic heterocycles. The van der Waals surface area contributed by atoms with E-state index in [9.17, 15) is 13.5 Å². The third-order valence-corrected chi connectivity index (χ3v) is 5.36. The summed E-state index contributed by atoms with van der Waals surface area (Å²) in [7, 11) is -3.02. The number of likely N-dealkylation sites (tertiary alicyclic amines) is 1. The fraction of sp³-hybridized carbons (Fsp3) is 1.00. The molecule has 4 atom stereocenters. The van der Waals surface area contributed by atoms with Gasteiger partial charge in [-0.2, -0.15) is 0 Å². The molecule has 2 saturated heterocycles. The summed E-state index contributed by atoms with van der Waals surface area (Å²) in [5.74, 6) is 1.27. The first-order valence-electron chi connectivity index (χ1n) is 6.00. The molecule has 0 spiro atoms. The van der Waals surface area contributed by atoms with E-state index >= 15 is 0 Å². The van der Waals surface area contributed by atoms with Crippen LogP contribution in [0, 0.1) is 11.8 Å². The first kappa shape index (κ1) is 12.3. The van der Waals surface area contributed by atoms with Gasteiger partial charge in [0, 0.05) is 13.1 Å². The number of piperidine rings is 1. The van der Waals surface area contributed by atoms with E-state index in [0.717, 1.165) is 13.1 Å². The highest BCUT2D eigenvalue weighted by Crippen LogP contribution is 2.27. The van der Waals surface area contributed by atoms with Gasteiger partial charge in [-0.15, -0.1) is 0 Å². The Kier molecular flexibility index (Phi) is 3.29. The third-order valence-electron chi connectivity index (χ3n) is 3.66. The van der Waals surface area contributed by atoms with Crippen LogP contribution in [0.2, 0.25) is 0 Å². The summed E-state index contributed by atoms with van der Waals surface area (Å²) in [6, 6.07) is -0.171. The van der Waals surface area contributed by atoms with Crippen molar-refractivity contribution in [2.75, 3.05) is 24.6 Å². The second-order valence-corrected chi connectivity index (χ2v) is 7.77. The Labute approximate surface area is 97.6 Å². The van der Waals surface area contributed by atoms with Crippen molar-refractivity contribution in [2.24, 2.45) is 11.8 Å². The van der Waals surface area contributed by atoms with Gasteiger partial charge in [-0.25, -0.2) is 8.42 Å². The monoisotopic (exact) mass is 247 g/mol. The molecule has 16 heavy (non-hydrogen) atoms. The van der Waals surface area contributed by atoms with Crippen LogP contribution in [-0.4, -0.2) is 55.2 Å². The lowest BCUT2D eigenvalue weighted by molar-refractivity contribution is 0.0396. The van der Waals surface area contributed by atoms with Gasteiger partial charge in [0.2, 0.25) is 0 Å². The number of hydrogen-bond acceptors (Lipinski definition) is 4. The predicted octanol–water partition coefficient (Wildman–Crippen LogP) is 0.122. The number of aliphatic hydroxyl groups is 1. The van der Waals surface area contributed by atoms with Crippen molar-refractivity contribution in [3.8, 4) is 0 Å². The van der Waals surface area contributed by atoms with Crippen molar-refractivity contribution in [1.29, 1.82) is 0 Å². The average molecular weight is 247 g/mol. The summed E-state index contributed by atoms with van der Waals surface area (Å²) in [4.78, 5) is 2.17. The second-order valence-electron chi connectivity index (χ2n) is 5.61. The molecule has 5 heteroatoms. The van der Waals surface area contributed by atoms with Crippen LogP contribution in [-0.2, 0) is 9.84 Å². The summed E-state index contributed by atoms with van der Waals surface area (Å²) >= 11 is 0. The van der Waals surface area contributed by atoms with Crippen LogP contribution in [0.3, 0.4) is 0 Å². The second kappa shape index (κ2) is 4.27. The van der Waals surface area contributed by atoms with E-state index in [1.807, 2.05) is 0 Å². The molecule has 2 fully saturated rings. The zero-order valence-corrected chi connectivity index (χ0v) is 10.8. The summed E-state index contributed by atoms with van der Waals surface area (Å²) in [6.07, 6.45) is 0.508. The smallest absolute Gasteiger partial charge is 0.154 e. The van der Waals surface area contributed by atoms with E-state index in [4.69, 9.17) is 0 Å². The molecule has 0 aromatic heterocycles. The quantitative estimate of drug-likeness (QED) is 0.715. The first-order valence-corrected chi connectivity index (χ1v) is 7.82. The molecule has 0 aromatic rings. The fourth-order valence-electron chi connectivity index (χ4n) is 3.14. The van der Waals surface area contributed by atoms with E-state index in [2.05, 4.69) is 18.7 Å². The lowest BCUT2D eigenvalue weighted by Crippen LogP contribution is -2.49. The van der Waals surface area contributed by atoms with Crippen LogP contribution >= 0.6 is 0 Å². The molecule has 2 heterocycles. The molecule has 0 radical (unpaired) electrons. The Balaban J connectivity index is 2.07. The molecule has 0 bridgehead atoms. The molecule has 0 saturated carbocycles. The molecule has 4 unspecified atom stereocenters. The van der Waals surface area contributed by atoms with Gasteiger partial charge in [-0.3, -0.25) is 4.90 Å². The van der Waals surface area contributed by atoms with Crippen LogP contribution in [0.4, 0.5) is 0 Å². The van der Waals surface area contributed by atoms with Gasteiger partial charge in [0.25, 0.3) is 0 Å². The summed E-state index contributed by atoms with van der Waals surface area (Å²) in [5, 5.41) is 9.83. The molecule has 0 amide bonds. The van der Waals surface area contributed by atoms with Crippen molar-refractivity contribution in [2.45, 2.75) is 32.4 Å². The standard InChI is InChI=1S/C11H21NO3S/c1-8-3-9(2)5-12(4-8)10-6-16(14,15)7-11(10)13/h8-11,13H,3-7H2,1-2H3. The summed E-state index contributed by atoms with van der Waals surface area (Å²) < 4.78 is 22.9. The highest BCUT2D eigenvalue weighted by atomic mass is 32.2. The van der Waals surface area contributed by atoms with Gasteiger partial charge in [-0.05, 0) is 18.3 Å². The molecule has 4 nitrogen and oxygen atoms in total. The van der Waals surface area contributed by atoms with Crippen LogP contribution in [0.15, 0.2) is 0 Å². The fourth-order valence-corrected chi connectivity index (χ4v) is 4.97.